The van der Waals surface area contributed by atoms with Gasteiger partial charge in [-0.05, 0) is 19.4 Å². The molecule has 0 spiro atoms. The Morgan fingerprint density at radius 2 is 2.00 bits per heavy atom. The Morgan fingerprint density at radius 1 is 1.43 bits per heavy atom. The lowest BCUT2D eigenvalue weighted by molar-refractivity contribution is -0.140. The van der Waals surface area contributed by atoms with E-state index in [-0.39, 0.29) is 18.5 Å². The molecule has 0 saturated carbocycles. The first-order valence-corrected chi connectivity index (χ1v) is 4.56. The van der Waals surface area contributed by atoms with Crippen LogP contribution < -0.4 is 0 Å². The van der Waals surface area contributed by atoms with Crippen molar-refractivity contribution in [3.8, 4) is 0 Å². The third-order valence-corrected chi connectivity index (χ3v) is 1.70. The average molecular weight is 194 g/mol. The highest BCUT2D eigenvalue weighted by Crippen LogP contribution is 2.14. The lowest BCUT2D eigenvalue weighted by Crippen LogP contribution is -2.08. The van der Waals surface area contributed by atoms with E-state index in [1.807, 2.05) is 19.9 Å². The molecular formula is C12H18O2. The molecule has 0 aromatic rings. The SMILES string of the molecule is C=CC(C=C(C)C)C(=C)COC(C)=O. The second kappa shape index (κ2) is 6.19. The van der Waals surface area contributed by atoms with Gasteiger partial charge in [0, 0.05) is 12.8 Å². The van der Waals surface area contributed by atoms with Crippen LogP contribution in [-0.2, 0) is 9.53 Å². The van der Waals surface area contributed by atoms with Gasteiger partial charge in [0.05, 0.1) is 0 Å². The summed E-state index contributed by atoms with van der Waals surface area (Å²) in [5.74, 6) is -0.203. The van der Waals surface area contributed by atoms with Crippen LogP contribution in [0.3, 0.4) is 0 Å². The molecule has 0 aliphatic heterocycles. The molecule has 0 rings (SSSR count). The largest absolute Gasteiger partial charge is 0.461 e. The molecule has 0 aliphatic rings. The highest BCUT2D eigenvalue weighted by Gasteiger charge is 2.06. The lowest BCUT2D eigenvalue weighted by atomic mass is 9.99. The molecule has 0 amide bonds. The van der Waals surface area contributed by atoms with Crippen molar-refractivity contribution in [3.63, 3.8) is 0 Å². The van der Waals surface area contributed by atoms with Gasteiger partial charge in [0.1, 0.15) is 6.61 Å². The number of carbonyl (C=O) groups is 1. The molecule has 0 saturated heterocycles. The first-order chi connectivity index (χ1) is 6.47. The van der Waals surface area contributed by atoms with Gasteiger partial charge in [0.2, 0.25) is 0 Å². The summed E-state index contributed by atoms with van der Waals surface area (Å²) >= 11 is 0. The molecule has 1 atom stereocenters. The number of carbonyl (C=O) groups excluding carboxylic acids is 1. The topological polar surface area (TPSA) is 26.3 Å². The highest BCUT2D eigenvalue weighted by molar-refractivity contribution is 5.66. The smallest absolute Gasteiger partial charge is 0.302 e. The molecular weight excluding hydrogens is 176 g/mol. The van der Waals surface area contributed by atoms with Crippen LogP contribution in [0.5, 0.6) is 0 Å². The molecule has 78 valence electrons. The second-order valence-corrected chi connectivity index (χ2v) is 3.44. The summed E-state index contributed by atoms with van der Waals surface area (Å²) in [4.78, 5) is 10.6. The molecule has 0 N–H and O–H groups in total. The maximum absolute atomic E-state index is 10.6. The molecule has 0 radical (unpaired) electrons. The maximum Gasteiger partial charge on any atom is 0.302 e. The van der Waals surface area contributed by atoms with Crippen LogP contribution >= 0.6 is 0 Å². The summed E-state index contributed by atoms with van der Waals surface area (Å²) in [7, 11) is 0. The molecule has 2 nitrogen and oxygen atoms in total. The van der Waals surface area contributed by atoms with Gasteiger partial charge < -0.3 is 4.74 Å². The molecule has 14 heavy (non-hydrogen) atoms. The summed E-state index contributed by atoms with van der Waals surface area (Å²) < 4.78 is 4.85. The van der Waals surface area contributed by atoms with E-state index in [9.17, 15) is 4.79 Å². The van der Waals surface area contributed by atoms with Gasteiger partial charge in [-0.3, -0.25) is 4.79 Å². The van der Waals surface area contributed by atoms with Gasteiger partial charge in [-0.15, -0.1) is 6.58 Å². The Morgan fingerprint density at radius 3 is 2.36 bits per heavy atom. The summed E-state index contributed by atoms with van der Waals surface area (Å²) in [6.45, 7) is 13.2. The molecule has 2 heteroatoms. The van der Waals surface area contributed by atoms with E-state index >= 15 is 0 Å². The Balaban J connectivity index is 4.26. The zero-order valence-electron chi connectivity index (χ0n) is 9.17. The van der Waals surface area contributed by atoms with Crippen LogP contribution in [0.1, 0.15) is 20.8 Å². The number of ether oxygens (including phenoxy) is 1. The predicted molar refractivity (Wildman–Crippen MR) is 58.9 cm³/mol. The van der Waals surface area contributed by atoms with Gasteiger partial charge in [0.25, 0.3) is 0 Å². The number of esters is 1. The minimum absolute atomic E-state index is 0.0827. The zero-order chi connectivity index (χ0) is 11.1. The number of rotatable bonds is 5. The van der Waals surface area contributed by atoms with Crippen LogP contribution in [-0.4, -0.2) is 12.6 Å². The fraction of sp³-hybridized carbons (Fsp3) is 0.417. The van der Waals surface area contributed by atoms with Crippen LogP contribution in [0.25, 0.3) is 0 Å². The minimum Gasteiger partial charge on any atom is -0.461 e. The van der Waals surface area contributed by atoms with Crippen molar-refractivity contribution in [2.75, 3.05) is 6.61 Å². The molecule has 0 fully saturated rings. The number of hydrogen-bond acceptors (Lipinski definition) is 2. The number of allylic oxidation sites excluding steroid dienone is 3. The summed E-state index contributed by atoms with van der Waals surface area (Å²) in [5, 5.41) is 0. The summed E-state index contributed by atoms with van der Waals surface area (Å²) in [5.41, 5.74) is 2.04. The third kappa shape index (κ3) is 5.36. The van der Waals surface area contributed by atoms with E-state index in [0.29, 0.717) is 0 Å². The van der Waals surface area contributed by atoms with E-state index < -0.39 is 0 Å². The molecule has 1 unspecified atom stereocenters. The van der Waals surface area contributed by atoms with E-state index in [0.717, 1.165) is 5.57 Å². The van der Waals surface area contributed by atoms with E-state index in [1.165, 1.54) is 12.5 Å². The van der Waals surface area contributed by atoms with Crippen molar-refractivity contribution in [2.45, 2.75) is 20.8 Å². The monoisotopic (exact) mass is 194 g/mol. The van der Waals surface area contributed by atoms with Gasteiger partial charge in [-0.25, -0.2) is 0 Å². The molecule has 0 aromatic carbocycles. The normalized spacial score (nSPS) is 11.4. The molecule has 0 heterocycles. The lowest BCUT2D eigenvalue weighted by Gasteiger charge is -2.12. The van der Waals surface area contributed by atoms with Gasteiger partial charge in [-0.1, -0.05) is 24.3 Å². The van der Waals surface area contributed by atoms with Crippen molar-refractivity contribution in [1.29, 1.82) is 0 Å². The Bertz CT molecular complexity index is 257. The van der Waals surface area contributed by atoms with E-state index in [1.54, 1.807) is 6.08 Å². The van der Waals surface area contributed by atoms with Gasteiger partial charge >= 0.3 is 5.97 Å². The zero-order valence-corrected chi connectivity index (χ0v) is 9.17. The van der Waals surface area contributed by atoms with Crippen LogP contribution in [0.15, 0.2) is 36.5 Å². The van der Waals surface area contributed by atoms with Crippen molar-refractivity contribution < 1.29 is 9.53 Å². The average Bonchev–Trinajstić information content (AvgIpc) is 2.09. The molecule has 0 aliphatic carbocycles. The standard InChI is InChI=1S/C12H18O2/c1-6-12(7-9(2)3)10(4)8-14-11(5)13/h6-7,12H,1,4,8H2,2-3,5H3. The van der Waals surface area contributed by atoms with Crippen LogP contribution in [0.4, 0.5) is 0 Å². The van der Waals surface area contributed by atoms with E-state index in [4.69, 9.17) is 4.74 Å². The Labute approximate surface area is 86.0 Å². The third-order valence-electron chi connectivity index (χ3n) is 1.70. The Kier molecular flexibility index (Phi) is 5.61. The highest BCUT2D eigenvalue weighted by atomic mass is 16.5. The number of hydrogen-bond donors (Lipinski definition) is 0. The van der Waals surface area contributed by atoms with Crippen molar-refractivity contribution in [3.05, 3.63) is 36.5 Å². The summed E-state index contributed by atoms with van der Waals surface area (Å²) in [6, 6.07) is 0. The van der Waals surface area contributed by atoms with Gasteiger partial charge in [0.15, 0.2) is 0 Å². The van der Waals surface area contributed by atoms with Crippen LogP contribution in [0.2, 0.25) is 0 Å². The summed E-state index contributed by atoms with van der Waals surface area (Å²) in [6.07, 6.45) is 3.83. The second-order valence-electron chi connectivity index (χ2n) is 3.44. The fourth-order valence-electron chi connectivity index (χ4n) is 1.00. The first-order valence-electron chi connectivity index (χ1n) is 4.56. The fourth-order valence-corrected chi connectivity index (χ4v) is 1.00. The maximum atomic E-state index is 10.6. The van der Waals surface area contributed by atoms with Crippen molar-refractivity contribution in [2.24, 2.45) is 5.92 Å². The van der Waals surface area contributed by atoms with Gasteiger partial charge in [-0.2, -0.15) is 0 Å². The van der Waals surface area contributed by atoms with Crippen molar-refractivity contribution in [1.82, 2.24) is 0 Å². The van der Waals surface area contributed by atoms with Crippen LogP contribution in [0, 0.1) is 5.92 Å². The predicted octanol–water partition coefficient (Wildman–Crippen LogP) is 2.87. The van der Waals surface area contributed by atoms with E-state index in [2.05, 4.69) is 13.2 Å². The molecule has 0 aromatic heterocycles. The first kappa shape index (κ1) is 12.7. The van der Waals surface area contributed by atoms with Crippen molar-refractivity contribution >= 4 is 5.97 Å². The Hall–Kier alpha value is -1.31. The quantitative estimate of drug-likeness (QED) is 0.497. The molecule has 0 bridgehead atoms. The minimum atomic E-state index is -0.286.